The predicted octanol–water partition coefficient (Wildman–Crippen LogP) is 4.86. The summed E-state index contributed by atoms with van der Waals surface area (Å²) in [5.41, 5.74) is 2.68. The summed E-state index contributed by atoms with van der Waals surface area (Å²) in [6, 6.07) is 12.5. The summed E-state index contributed by atoms with van der Waals surface area (Å²) in [7, 11) is 0. The van der Waals surface area contributed by atoms with E-state index >= 15 is 0 Å². The van der Waals surface area contributed by atoms with Gasteiger partial charge < -0.3 is 10.6 Å². The van der Waals surface area contributed by atoms with Crippen molar-refractivity contribution >= 4 is 46.6 Å². The Kier molecular flexibility index (Phi) is 8.98. The first-order valence-electron chi connectivity index (χ1n) is 8.68. The molecule has 10 nitrogen and oxygen atoms in total. The van der Waals surface area contributed by atoms with Gasteiger partial charge in [0.2, 0.25) is 0 Å². The molecule has 12 heteroatoms. The molecule has 0 atom stereocenters. The molecule has 0 saturated carbocycles. The summed E-state index contributed by atoms with van der Waals surface area (Å²) in [6.45, 7) is 0.00874. The van der Waals surface area contributed by atoms with E-state index in [4.69, 9.17) is 23.2 Å². The van der Waals surface area contributed by atoms with E-state index in [1.807, 2.05) is 0 Å². The van der Waals surface area contributed by atoms with Crippen molar-refractivity contribution < 1.29 is 9.59 Å². The Morgan fingerprint density at radius 2 is 1.03 bits per heavy atom. The molecule has 0 saturated heterocycles. The second kappa shape index (κ2) is 11.7. The van der Waals surface area contributed by atoms with Crippen molar-refractivity contribution in [2.75, 3.05) is 35.5 Å². The maximum absolute atomic E-state index is 11.9. The molecular weight excluding hydrogens is 435 g/mol. The van der Waals surface area contributed by atoms with E-state index in [-0.39, 0.29) is 24.8 Å². The van der Waals surface area contributed by atoms with Crippen LogP contribution >= 0.6 is 23.2 Å². The normalized spacial score (nSPS) is 10.1. The predicted molar refractivity (Wildman–Crippen MR) is 116 cm³/mol. The van der Waals surface area contributed by atoms with Crippen molar-refractivity contribution in [2.24, 2.45) is 10.6 Å². The molecule has 2 aromatic rings. The summed E-state index contributed by atoms with van der Waals surface area (Å²) in [5.74, 6) is 0.176. The fourth-order valence-corrected chi connectivity index (χ4v) is 2.71. The molecule has 0 fully saturated rings. The number of amides is 4. The molecule has 4 amide bonds. The third-order valence-electron chi connectivity index (χ3n) is 3.86. The van der Waals surface area contributed by atoms with Crippen LogP contribution in [0.3, 0.4) is 0 Å². The van der Waals surface area contributed by atoms with E-state index in [0.29, 0.717) is 21.4 Å². The molecule has 2 rings (SSSR count). The van der Waals surface area contributed by atoms with Crippen LogP contribution in [0.1, 0.15) is 0 Å². The number of nitrogens with one attached hydrogen (secondary N) is 2. The highest BCUT2D eigenvalue weighted by molar-refractivity contribution is 6.18. The number of alkyl halides is 2. The molecule has 158 valence electrons. The van der Waals surface area contributed by atoms with Gasteiger partial charge in [-0.15, -0.1) is 33.0 Å². The van der Waals surface area contributed by atoms with Crippen LogP contribution in [0.25, 0.3) is 11.1 Å². The molecule has 0 bridgehead atoms. The Hall–Kier alpha value is -3.24. The van der Waals surface area contributed by atoms with Gasteiger partial charge in [-0.1, -0.05) is 24.3 Å². The molecule has 0 aliphatic heterocycles. The maximum atomic E-state index is 11.9. The standard InChI is InChI=1S/C18H18Cl2N6O4/c19-9-11-25(23-29)17(27)21-15-5-1-13(2-6-15)14-3-7-16(8-4-14)22-18(28)26(24-30)12-10-20/h1-8H,9-12H2,(H,21,27)(H,22,28). The highest BCUT2D eigenvalue weighted by Gasteiger charge is 2.14. The van der Waals surface area contributed by atoms with Gasteiger partial charge in [0.25, 0.3) is 0 Å². The summed E-state index contributed by atoms with van der Waals surface area (Å²) in [6.07, 6.45) is 0. The lowest BCUT2D eigenvalue weighted by Gasteiger charge is -2.14. The second-order valence-electron chi connectivity index (χ2n) is 5.80. The van der Waals surface area contributed by atoms with Gasteiger partial charge in [0.15, 0.2) is 0 Å². The highest BCUT2D eigenvalue weighted by Crippen LogP contribution is 2.23. The van der Waals surface area contributed by atoms with Crippen molar-refractivity contribution in [3.05, 3.63) is 58.3 Å². The van der Waals surface area contributed by atoms with Gasteiger partial charge in [-0.2, -0.15) is 10.0 Å². The molecule has 0 radical (unpaired) electrons. The number of nitrogens with zero attached hydrogens (tertiary/aromatic N) is 4. The van der Waals surface area contributed by atoms with Gasteiger partial charge in [-0.3, -0.25) is 0 Å². The molecule has 2 N–H and O–H groups in total. The average molecular weight is 453 g/mol. The molecule has 0 aromatic heterocycles. The maximum Gasteiger partial charge on any atom is 0.344 e. The minimum absolute atomic E-state index is 0.00437. The number of urea groups is 2. The number of carbonyl (C=O) groups excluding carboxylic acids is 2. The zero-order valence-corrected chi connectivity index (χ0v) is 17.1. The van der Waals surface area contributed by atoms with Gasteiger partial charge in [0.1, 0.15) is 0 Å². The van der Waals surface area contributed by atoms with Crippen LogP contribution in [0.4, 0.5) is 21.0 Å². The van der Waals surface area contributed by atoms with Crippen LogP contribution in [0.5, 0.6) is 0 Å². The molecule has 0 unspecified atom stereocenters. The third kappa shape index (κ3) is 6.39. The van der Waals surface area contributed by atoms with Crippen LogP contribution in [0.2, 0.25) is 0 Å². The van der Waals surface area contributed by atoms with Gasteiger partial charge >= 0.3 is 12.1 Å². The SMILES string of the molecule is O=NN(CCCl)C(=O)Nc1ccc(-c2ccc(NC(=O)N(CCCl)N=O)cc2)cc1. The van der Waals surface area contributed by atoms with Crippen molar-refractivity contribution in [1.82, 2.24) is 10.0 Å². The molecule has 0 spiro atoms. The van der Waals surface area contributed by atoms with Crippen LogP contribution in [-0.2, 0) is 0 Å². The van der Waals surface area contributed by atoms with Crippen molar-refractivity contribution in [1.29, 1.82) is 0 Å². The van der Waals surface area contributed by atoms with Gasteiger partial charge in [-0.05, 0) is 35.4 Å². The van der Waals surface area contributed by atoms with Crippen molar-refractivity contribution in [2.45, 2.75) is 0 Å². The number of carbonyl (C=O) groups is 2. The summed E-state index contributed by atoms with van der Waals surface area (Å²) in [5, 5.41) is 11.7. The van der Waals surface area contributed by atoms with E-state index < -0.39 is 12.1 Å². The highest BCUT2D eigenvalue weighted by atomic mass is 35.5. The third-order valence-corrected chi connectivity index (χ3v) is 4.20. The molecule has 0 aliphatic rings. The van der Waals surface area contributed by atoms with Crippen LogP contribution < -0.4 is 10.6 Å². The Morgan fingerprint density at radius 3 is 1.30 bits per heavy atom. The number of benzene rings is 2. The van der Waals surface area contributed by atoms with Crippen LogP contribution in [-0.4, -0.2) is 46.9 Å². The van der Waals surface area contributed by atoms with E-state index in [1.54, 1.807) is 48.5 Å². The summed E-state index contributed by atoms with van der Waals surface area (Å²) < 4.78 is 0. The van der Waals surface area contributed by atoms with E-state index in [1.165, 1.54) is 0 Å². The molecule has 0 aliphatic carbocycles. The first-order valence-corrected chi connectivity index (χ1v) is 9.75. The quantitative estimate of drug-likeness (QED) is 0.320. The smallest absolute Gasteiger partial charge is 0.306 e. The van der Waals surface area contributed by atoms with Crippen molar-refractivity contribution in [3.8, 4) is 11.1 Å². The lowest BCUT2D eigenvalue weighted by atomic mass is 10.1. The summed E-state index contributed by atoms with van der Waals surface area (Å²) in [4.78, 5) is 45.1. The average Bonchev–Trinajstić information content (AvgIpc) is 2.76. The Balaban J connectivity index is 2.01. The largest absolute Gasteiger partial charge is 0.344 e. The number of anilines is 2. The first-order chi connectivity index (χ1) is 14.5. The van der Waals surface area contributed by atoms with Crippen LogP contribution in [0.15, 0.2) is 59.1 Å². The number of halogens is 2. The van der Waals surface area contributed by atoms with Gasteiger partial charge in [0.05, 0.1) is 23.7 Å². The van der Waals surface area contributed by atoms with Gasteiger partial charge in [-0.25, -0.2) is 9.59 Å². The Labute approximate surface area is 182 Å². The fraction of sp³-hybridized carbons (Fsp3) is 0.222. The lowest BCUT2D eigenvalue weighted by Crippen LogP contribution is -2.31. The molecule has 2 aromatic carbocycles. The van der Waals surface area contributed by atoms with E-state index in [2.05, 4.69) is 21.2 Å². The minimum Gasteiger partial charge on any atom is -0.306 e. The molecular formula is C18H18Cl2N6O4. The van der Waals surface area contributed by atoms with Crippen molar-refractivity contribution in [3.63, 3.8) is 0 Å². The molecule has 30 heavy (non-hydrogen) atoms. The number of rotatable bonds is 9. The monoisotopic (exact) mass is 452 g/mol. The molecule has 0 heterocycles. The van der Waals surface area contributed by atoms with Crippen LogP contribution in [0, 0.1) is 9.81 Å². The zero-order chi connectivity index (χ0) is 21.9. The van der Waals surface area contributed by atoms with E-state index in [0.717, 1.165) is 11.1 Å². The lowest BCUT2D eigenvalue weighted by molar-refractivity contribution is 0.215. The van der Waals surface area contributed by atoms with Gasteiger partial charge in [0, 0.05) is 23.1 Å². The fourth-order valence-electron chi connectivity index (χ4n) is 2.39. The number of nitroso groups, excluding NO2 is 2. The Bertz CT molecular complexity index is 806. The number of hydrogen-bond acceptors (Lipinski definition) is 6. The second-order valence-corrected chi connectivity index (χ2v) is 6.56. The minimum atomic E-state index is -0.675. The summed E-state index contributed by atoms with van der Waals surface area (Å²) >= 11 is 11.0. The topological polar surface area (TPSA) is 124 Å². The Morgan fingerprint density at radius 1 is 0.700 bits per heavy atom. The zero-order valence-electron chi connectivity index (χ0n) is 15.6. The number of hydrogen-bond donors (Lipinski definition) is 2. The van der Waals surface area contributed by atoms with E-state index in [9.17, 15) is 19.4 Å². The first kappa shape index (κ1) is 23.0.